The predicted octanol–water partition coefficient (Wildman–Crippen LogP) is 10.3. The molecule has 3 heteroatoms. The largest absolute Gasteiger partial charge is 0.460 e. The highest BCUT2D eigenvalue weighted by molar-refractivity contribution is 6.02. The second-order valence-corrected chi connectivity index (χ2v) is 13.4. The average Bonchev–Trinajstić information content (AvgIpc) is 3.63. The fourth-order valence-corrected chi connectivity index (χ4v) is 8.39. The van der Waals surface area contributed by atoms with Crippen LogP contribution in [0.1, 0.15) is 66.5 Å². The van der Waals surface area contributed by atoms with Crippen molar-refractivity contribution in [3.63, 3.8) is 0 Å². The van der Waals surface area contributed by atoms with E-state index in [1.54, 1.807) is 0 Å². The fourth-order valence-electron chi connectivity index (χ4n) is 8.39. The van der Waals surface area contributed by atoms with Crippen LogP contribution in [-0.4, -0.2) is 4.57 Å². The molecule has 0 bridgehead atoms. The lowest BCUT2D eigenvalue weighted by atomic mass is 9.61. The number of furan rings is 1. The maximum absolute atomic E-state index is 10.3. The number of rotatable bonds is 2. The number of aryl methyl sites for hydroxylation is 1. The van der Waals surface area contributed by atoms with Crippen molar-refractivity contribution < 1.29 is 4.42 Å². The van der Waals surface area contributed by atoms with Crippen LogP contribution in [0.4, 0.5) is 0 Å². The predicted molar refractivity (Wildman–Crippen MR) is 180 cm³/mol. The Morgan fingerprint density at radius 1 is 0.886 bits per heavy atom. The quantitative estimate of drug-likeness (QED) is 0.209. The van der Waals surface area contributed by atoms with Crippen LogP contribution in [0.5, 0.6) is 0 Å². The second kappa shape index (κ2) is 8.74. The van der Waals surface area contributed by atoms with Gasteiger partial charge in [0.2, 0.25) is 0 Å². The van der Waals surface area contributed by atoms with E-state index in [4.69, 9.17) is 4.42 Å². The van der Waals surface area contributed by atoms with E-state index in [0.29, 0.717) is 5.56 Å². The van der Waals surface area contributed by atoms with Gasteiger partial charge in [0, 0.05) is 44.8 Å². The summed E-state index contributed by atoms with van der Waals surface area (Å²) in [4.78, 5) is 0. The molecule has 0 radical (unpaired) electrons. The van der Waals surface area contributed by atoms with Crippen molar-refractivity contribution >= 4 is 39.6 Å². The number of nitrogens with zero attached hydrogens (tertiary/aromatic N) is 2. The minimum absolute atomic E-state index is 0.00892. The molecule has 3 nitrogen and oxygen atoms in total. The summed E-state index contributed by atoms with van der Waals surface area (Å²) in [5, 5.41) is 12.8. The van der Waals surface area contributed by atoms with Crippen molar-refractivity contribution in [1.29, 1.82) is 5.26 Å². The minimum Gasteiger partial charge on any atom is -0.460 e. The molecule has 1 atom stereocenters. The fraction of sp³-hybridized carbons (Fsp3) is 0.195. The van der Waals surface area contributed by atoms with Crippen molar-refractivity contribution in [3.8, 4) is 22.9 Å². The first-order valence-electron chi connectivity index (χ1n) is 15.6. The smallest absolute Gasteiger partial charge is 0.135 e. The van der Waals surface area contributed by atoms with E-state index in [1.807, 2.05) is 12.1 Å². The number of hydrogen-bond acceptors (Lipinski definition) is 2. The van der Waals surface area contributed by atoms with Gasteiger partial charge in [0.05, 0.1) is 22.8 Å². The molecule has 44 heavy (non-hydrogen) atoms. The average molecular weight is 569 g/mol. The zero-order chi connectivity index (χ0) is 29.8. The van der Waals surface area contributed by atoms with Gasteiger partial charge in [0.25, 0.3) is 0 Å². The van der Waals surface area contributed by atoms with Crippen LogP contribution in [0, 0.1) is 16.7 Å². The first kappa shape index (κ1) is 25.4. The number of para-hydroxylation sites is 1. The van der Waals surface area contributed by atoms with Crippen LogP contribution in [0.25, 0.3) is 56.4 Å². The summed E-state index contributed by atoms with van der Waals surface area (Å²) >= 11 is 0. The van der Waals surface area contributed by atoms with Crippen LogP contribution in [0.15, 0.2) is 95.4 Å². The van der Waals surface area contributed by atoms with E-state index >= 15 is 0 Å². The maximum Gasteiger partial charge on any atom is 0.135 e. The molecule has 4 aromatic carbocycles. The summed E-state index contributed by atoms with van der Waals surface area (Å²) in [5.41, 5.74) is 13.6. The molecule has 0 amide bonds. The van der Waals surface area contributed by atoms with Gasteiger partial charge >= 0.3 is 0 Å². The Balaban J connectivity index is 1.25. The normalized spacial score (nSPS) is 19.3. The van der Waals surface area contributed by atoms with Crippen molar-refractivity contribution in [3.05, 3.63) is 130 Å². The summed E-state index contributed by atoms with van der Waals surface area (Å²) in [5.74, 6) is 1.05. The van der Waals surface area contributed by atoms with E-state index in [-0.39, 0.29) is 10.8 Å². The molecule has 9 rings (SSSR count). The maximum atomic E-state index is 10.3. The zero-order valence-electron chi connectivity index (χ0n) is 25.2. The molecule has 212 valence electrons. The molecule has 3 aliphatic rings. The van der Waals surface area contributed by atoms with Gasteiger partial charge in [-0.2, -0.15) is 5.26 Å². The molecule has 6 aromatic rings. The van der Waals surface area contributed by atoms with Gasteiger partial charge in [-0.1, -0.05) is 81.4 Å². The molecule has 0 saturated carbocycles. The molecule has 0 saturated heterocycles. The third-order valence-electron chi connectivity index (χ3n) is 11.0. The summed E-state index contributed by atoms with van der Waals surface area (Å²) in [7, 11) is 0. The number of fused-ring (bicyclic) bond motifs is 9. The van der Waals surface area contributed by atoms with Gasteiger partial charge in [-0.05, 0) is 83.2 Å². The lowest BCUT2D eigenvalue weighted by Gasteiger charge is -2.41. The molecule has 3 aliphatic carbocycles. The zero-order valence-corrected chi connectivity index (χ0v) is 25.2. The highest BCUT2D eigenvalue weighted by Crippen LogP contribution is 2.62. The van der Waals surface area contributed by atoms with Crippen molar-refractivity contribution in [2.24, 2.45) is 5.41 Å². The van der Waals surface area contributed by atoms with Crippen LogP contribution in [0.2, 0.25) is 0 Å². The first-order valence-corrected chi connectivity index (χ1v) is 15.6. The van der Waals surface area contributed by atoms with Crippen molar-refractivity contribution in [2.45, 2.75) is 45.4 Å². The lowest BCUT2D eigenvalue weighted by Crippen LogP contribution is -2.37. The number of hydrogen-bond donors (Lipinski definition) is 0. The molecular weight excluding hydrogens is 536 g/mol. The van der Waals surface area contributed by atoms with Gasteiger partial charge in [0.15, 0.2) is 0 Å². The second-order valence-electron chi connectivity index (χ2n) is 13.4. The molecule has 0 N–H and O–H groups in total. The third-order valence-corrected chi connectivity index (χ3v) is 11.0. The number of aromatic nitrogens is 1. The van der Waals surface area contributed by atoms with Crippen LogP contribution in [0.3, 0.4) is 0 Å². The van der Waals surface area contributed by atoms with Crippen LogP contribution in [-0.2, 0) is 18.3 Å². The Kier molecular flexibility index (Phi) is 5.05. The van der Waals surface area contributed by atoms with Crippen LogP contribution < -0.4 is 0 Å². The van der Waals surface area contributed by atoms with Gasteiger partial charge in [-0.3, -0.25) is 0 Å². The van der Waals surface area contributed by atoms with E-state index in [0.717, 1.165) is 52.8 Å². The van der Waals surface area contributed by atoms with Crippen molar-refractivity contribution in [2.75, 3.05) is 0 Å². The molecule has 2 aromatic heterocycles. The SMILES string of the molecule is CC12Cc3oc4cc(-c5c(C#N)cccc5-n5c6c(c7ccccc75)CCC=C6)ccc4c3C=C1c1ccccc1C2(C)C. The molecule has 0 aliphatic heterocycles. The van der Waals surface area contributed by atoms with E-state index in [9.17, 15) is 5.26 Å². The van der Waals surface area contributed by atoms with E-state index in [1.165, 1.54) is 44.4 Å². The topological polar surface area (TPSA) is 41.9 Å². The first-order chi connectivity index (χ1) is 21.4. The highest BCUT2D eigenvalue weighted by Gasteiger charge is 2.54. The third kappa shape index (κ3) is 3.15. The summed E-state index contributed by atoms with van der Waals surface area (Å²) < 4.78 is 9.08. The van der Waals surface area contributed by atoms with Gasteiger partial charge in [-0.15, -0.1) is 0 Å². The van der Waals surface area contributed by atoms with Crippen molar-refractivity contribution in [1.82, 2.24) is 4.57 Å². The minimum atomic E-state index is -0.0525. The molecule has 0 spiro atoms. The summed E-state index contributed by atoms with van der Waals surface area (Å²) in [6.07, 6.45) is 9.81. The van der Waals surface area contributed by atoms with Gasteiger partial charge < -0.3 is 8.98 Å². The summed E-state index contributed by atoms with van der Waals surface area (Å²) in [6, 6.07) is 32.6. The molecule has 2 heterocycles. The van der Waals surface area contributed by atoms with Crippen LogP contribution >= 0.6 is 0 Å². The standard InChI is InChI=1S/C41H32N2O/c1-40(2)32-15-7-4-14-30(32)33-22-31-29-20-19-25(21-37(29)44-38(31)23-41(33,40)3)39-26(24-42)11-10-18-36(39)43-34-16-8-5-12-27(34)28-13-6-9-17-35(28)43/h4-5,7-12,14-22H,6,13,23H2,1-3H3. The Morgan fingerprint density at radius 2 is 1.73 bits per heavy atom. The molecule has 0 fully saturated rings. The Bertz CT molecular complexity index is 2310. The number of allylic oxidation sites excluding steroid dienone is 2. The van der Waals surface area contributed by atoms with Gasteiger partial charge in [-0.25, -0.2) is 0 Å². The lowest BCUT2D eigenvalue weighted by molar-refractivity contribution is 0.252. The monoisotopic (exact) mass is 568 g/mol. The Morgan fingerprint density at radius 3 is 2.61 bits per heavy atom. The highest BCUT2D eigenvalue weighted by atomic mass is 16.3. The van der Waals surface area contributed by atoms with E-state index in [2.05, 4.69) is 122 Å². The van der Waals surface area contributed by atoms with E-state index < -0.39 is 0 Å². The Hall–Kier alpha value is -5.07. The van der Waals surface area contributed by atoms with Gasteiger partial charge in [0.1, 0.15) is 11.3 Å². The summed E-state index contributed by atoms with van der Waals surface area (Å²) in [6.45, 7) is 7.14. The Labute approximate surface area is 257 Å². The number of benzene rings is 4. The molecule has 1 unspecified atom stereocenters. The molecular formula is C41H32N2O. The number of nitriles is 1.